The zero-order valence-corrected chi connectivity index (χ0v) is 10.5. The summed E-state index contributed by atoms with van der Waals surface area (Å²) < 4.78 is 1.81. The minimum Gasteiger partial charge on any atom is -0.398 e. The topological polar surface area (TPSA) is 60.9 Å². The van der Waals surface area contributed by atoms with Gasteiger partial charge in [-0.05, 0) is 31.2 Å². The van der Waals surface area contributed by atoms with Gasteiger partial charge in [-0.15, -0.1) is 0 Å². The van der Waals surface area contributed by atoms with E-state index in [1.807, 2.05) is 30.3 Å². The Balaban J connectivity index is 2.22. The van der Waals surface area contributed by atoms with E-state index in [1.54, 1.807) is 23.0 Å². The summed E-state index contributed by atoms with van der Waals surface area (Å²) in [6, 6.07) is 13.3. The second-order valence-electron chi connectivity index (χ2n) is 4.44. The summed E-state index contributed by atoms with van der Waals surface area (Å²) in [6.07, 6.45) is 1.80. The SMILES string of the molecule is CC(=O)c1cc(-n2ncc3ccccc32)ccc1N. The van der Waals surface area contributed by atoms with Gasteiger partial charge in [-0.25, -0.2) is 4.68 Å². The highest BCUT2D eigenvalue weighted by Gasteiger charge is 2.09. The lowest BCUT2D eigenvalue weighted by atomic mass is 10.1. The second-order valence-corrected chi connectivity index (χ2v) is 4.44. The van der Waals surface area contributed by atoms with Gasteiger partial charge in [-0.3, -0.25) is 4.79 Å². The molecule has 2 N–H and O–H groups in total. The van der Waals surface area contributed by atoms with E-state index in [0.717, 1.165) is 16.6 Å². The lowest BCUT2D eigenvalue weighted by molar-refractivity contribution is 0.101. The first-order valence-electron chi connectivity index (χ1n) is 6.00. The van der Waals surface area contributed by atoms with Crippen LogP contribution in [0, 0.1) is 0 Å². The molecule has 0 radical (unpaired) electrons. The Kier molecular flexibility index (Phi) is 2.56. The van der Waals surface area contributed by atoms with Gasteiger partial charge < -0.3 is 5.73 Å². The quantitative estimate of drug-likeness (QED) is 0.562. The number of nitrogens with zero attached hydrogens (tertiary/aromatic N) is 2. The van der Waals surface area contributed by atoms with E-state index in [2.05, 4.69) is 5.10 Å². The van der Waals surface area contributed by atoms with Crippen LogP contribution in [-0.4, -0.2) is 15.6 Å². The van der Waals surface area contributed by atoms with E-state index < -0.39 is 0 Å². The average molecular weight is 251 g/mol. The van der Waals surface area contributed by atoms with Gasteiger partial charge in [0.05, 0.1) is 17.4 Å². The molecule has 4 nitrogen and oxygen atoms in total. The average Bonchev–Trinajstić information content (AvgIpc) is 2.83. The maximum absolute atomic E-state index is 11.5. The number of para-hydroxylation sites is 1. The van der Waals surface area contributed by atoms with Gasteiger partial charge in [-0.2, -0.15) is 5.10 Å². The van der Waals surface area contributed by atoms with Gasteiger partial charge in [-0.1, -0.05) is 18.2 Å². The predicted octanol–water partition coefficient (Wildman–Crippen LogP) is 2.81. The lowest BCUT2D eigenvalue weighted by Crippen LogP contribution is -2.03. The number of ketones is 1. The molecule has 2 aromatic carbocycles. The van der Waals surface area contributed by atoms with E-state index in [1.165, 1.54) is 6.92 Å². The van der Waals surface area contributed by atoms with Crippen LogP contribution in [0.1, 0.15) is 17.3 Å². The highest BCUT2D eigenvalue weighted by Crippen LogP contribution is 2.21. The van der Waals surface area contributed by atoms with E-state index in [-0.39, 0.29) is 5.78 Å². The minimum atomic E-state index is -0.0455. The molecule has 3 rings (SSSR count). The molecule has 0 saturated carbocycles. The van der Waals surface area contributed by atoms with Crippen LogP contribution < -0.4 is 5.73 Å². The van der Waals surface area contributed by atoms with Crippen molar-refractivity contribution in [3.05, 3.63) is 54.2 Å². The number of carbonyl (C=O) groups is 1. The monoisotopic (exact) mass is 251 g/mol. The Bertz CT molecular complexity index is 774. The number of nitrogens with two attached hydrogens (primary N) is 1. The third-order valence-electron chi connectivity index (χ3n) is 3.14. The normalized spacial score (nSPS) is 10.8. The summed E-state index contributed by atoms with van der Waals surface area (Å²) in [5, 5.41) is 5.42. The van der Waals surface area contributed by atoms with Crippen molar-refractivity contribution in [2.45, 2.75) is 6.92 Å². The highest BCUT2D eigenvalue weighted by molar-refractivity contribution is 5.99. The number of hydrogen-bond acceptors (Lipinski definition) is 3. The van der Waals surface area contributed by atoms with Gasteiger partial charge >= 0.3 is 0 Å². The van der Waals surface area contributed by atoms with Crippen LogP contribution in [0.4, 0.5) is 5.69 Å². The summed E-state index contributed by atoms with van der Waals surface area (Å²) >= 11 is 0. The number of rotatable bonds is 2. The van der Waals surface area contributed by atoms with Crippen molar-refractivity contribution in [3.8, 4) is 5.69 Å². The molecular formula is C15H13N3O. The number of anilines is 1. The number of aromatic nitrogens is 2. The van der Waals surface area contributed by atoms with Crippen LogP contribution in [-0.2, 0) is 0 Å². The van der Waals surface area contributed by atoms with Gasteiger partial charge in [0, 0.05) is 16.6 Å². The molecule has 0 bridgehead atoms. The molecule has 1 aromatic heterocycles. The van der Waals surface area contributed by atoms with E-state index in [0.29, 0.717) is 11.3 Å². The Hall–Kier alpha value is -2.62. The summed E-state index contributed by atoms with van der Waals surface area (Å²) in [4.78, 5) is 11.5. The number of Topliss-reactive ketones (excluding diaryl/α,β-unsaturated/α-hetero) is 1. The van der Waals surface area contributed by atoms with Crippen LogP contribution in [0.25, 0.3) is 16.6 Å². The largest absolute Gasteiger partial charge is 0.398 e. The third-order valence-corrected chi connectivity index (χ3v) is 3.14. The van der Waals surface area contributed by atoms with Crippen LogP contribution >= 0.6 is 0 Å². The van der Waals surface area contributed by atoms with Crippen molar-refractivity contribution in [2.24, 2.45) is 0 Å². The maximum Gasteiger partial charge on any atom is 0.161 e. The molecule has 0 saturated heterocycles. The number of benzene rings is 2. The van der Waals surface area contributed by atoms with Gasteiger partial charge in [0.1, 0.15) is 0 Å². The molecule has 3 aromatic rings. The molecule has 0 fully saturated rings. The fourth-order valence-corrected chi connectivity index (χ4v) is 2.16. The predicted molar refractivity (Wildman–Crippen MR) is 75.5 cm³/mol. The van der Waals surface area contributed by atoms with Gasteiger partial charge in [0.15, 0.2) is 5.78 Å². The molecule has 1 heterocycles. The molecule has 0 unspecified atom stereocenters. The second kappa shape index (κ2) is 4.24. The van der Waals surface area contributed by atoms with Crippen LogP contribution in [0.3, 0.4) is 0 Å². The first-order chi connectivity index (χ1) is 9.16. The van der Waals surface area contributed by atoms with Crippen molar-refractivity contribution in [2.75, 3.05) is 5.73 Å². The molecule has 4 heteroatoms. The first-order valence-corrected chi connectivity index (χ1v) is 6.00. The smallest absolute Gasteiger partial charge is 0.161 e. The van der Waals surface area contributed by atoms with Crippen molar-refractivity contribution >= 4 is 22.4 Å². The fraction of sp³-hybridized carbons (Fsp3) is 0.0667. The molecule has 0 aliphatic rings. The Morgan fingerprint density at radius 1 is 1.21 bits per heavy atom. The van der Waals surface area contributed by atoms with Crippen LogP contribution in [0.5, 0.6) is 0 Å². The molecule has 94 valence electrons. The fourth-order valence-electron chi connectivity index (χ4n) is 2.16. The van der Waals surface area contributed by atoms with E-state index in [4.69, 9.17) is 5.73 Å². The molecule has 0 atom stereocenters. The lowest BCUT2D eigenvalue weighted by Gasteiger charge is -2.07. The van der Waals surface area contributed by atoms with Gasteiger partial charge in [0.2, 0.25) is 0 Å². The number of fused-ring (bicyclic) bond motifs is 1. The third kappa shape index (κ3) is 1.87. The number of carbonyl (C=O) groups excluding carboxylic acids is 1. The molecule has 19 heavy (non-hydrogen) atoms. The summed E-state index contributed by atoms with van der Waals surface area (Å²) in [5.74, 6) is -0.0455. The van der Waals surface area contributed by atoms with Crippen molar-refractivity contribution in [1.82, 2.24) is 9.78 Å². The Morgan fingerprint density at radius 3 is 2.79 bits per heavy atom. The van der Waals surface area contributed by atoms with Crippen molar-refractivity contribution in [1.29, 1.82) is 0 Å². The maximum atomic E-state index is 11.5. The van der Waals surface area contributed by atoms with Crippen LogP contribution in [0.2, 0.25) is 0 Å². The van der Waals surface area contributed by atoms with Crippen molar-refractivity contribution < 1.29 is 4.79 Å². The van der Waals surface area contributed by atoms with E-state index in [9.17, 15) is 4.79 Å². The number of hydrogen-bond donors (Lipinski definition) is 1. The number of nitrogen functional groups attached to an aromatic ring is 1. The molecule has 0 aliphatic carbocycles. The molecule has 0 spiro atoms. The standard InChI is InChI=1S/C15H13N3O/c1-10(19)13-8-12(6-7-14(13)16)18-15-5-3-2-4-11(15)9-17-18/h2-9H,16H2,1H3. The Morgan fingerprint density at radius 2 is 2.00 bits per heavy atom. The Labute approximate surface area is 110 Å². The summed E-state index contributed by atoms with van der Waals surface area (Å²) in [5.41, 5.74) is 8.66. The zero-order chi connectivity index (χ0) is 13.4. The zero-order valence-electron chi connectivity index (χ0n) is 10.5. The van der Waals surface area contributed by atoms with Crippen LogP contribution in [0.15, 0.2) is 48.7 Å². The highest BCUT2D eigenvalue weighted by atomic mass is 16.1. The molecular weight excluding hydrogens is 238 g/mol. The summed E-state index contributed by atoms with van der Waals surface area (Å²) in [6.45, 7) is 1.51. The van der Waals surface area contributed by atoms with Crippen molar-refractivity contribution in [3.63, 3.8) is 0 Å². The van der Waals surface area contributed by atoms with Gasteiger partial charge in [0.25, 0.3) is 0 Å². The molecule has 0 aliphatic heterocycles. The minimum absolute atomic E-state index is 0.0455. The van der Waals surface area contributed by atoms with E-state index >= 15 is 0 Å². The summed E-state index contributed by atoms with van der Waals surface area (Å²) in [7, 11) is 0. The first kappa shape index (κ1) is 11.5. The molecule has 0 amide bonds.